The van der Waals surface area contributed by atoms with E-state index in [1.165, 1.54) is 19.3 Å². The van der Waals surface area contributed by atoms with Gasteiger partial charge in [0.2, 0.25) is 0 Å². The first-order valence-corrected chi connectivity index (χ1v) is 8.06. The summed E-state index contributed by atoms with van der Waals surface area (Å²) in [6.07, 6.45) is 8.08. The molecule has 0 aliphatic heterocycles. The molecule has 0 aromatic rings. The molecule has 1 atom stereocenters. The summed E-state index contributed by atoms with van der Waals surface area (Å²) in [4.78, 5) is 12.4. The van der Waals surface area contributed by atoms with Crippen molar-refractivity contribution in [3.05, 3.63) is 0 Å². The molecule has 0 aromatic carbocycles. The summed E-state index contributed by atoms with van der Waals surface area (Å²) in [6.45, 7) is 11.0. The van der Waals surface area contributed by atoms with Crippen molar-refractivity contribution in [1.29, 1.82) is 0 Å². The lowest BCUT2D eigenvalue weighted by atomic mass is 9.77. The molecule has 0 saturated heterocycles. The lowest BCUT2D eigenvalue weighted by molar-refractivity contribution is -0.158. The van der Waals surface area contributed by atoms with Gasteiger partial charge >= 0.3 is 5.97 Å². The monoisotopic (exact) mass is 268 g/mol. The molecular formula is C17H32O2. The molecule has 0 amide bonds. The molecule has 112 valence electrons. The second-order valence-corrected chi connectivity index (χ2v) is 7.27. The molecule has 0 radical (unpaired) electrons. The number of esters is 1. The fraction of sp³-hybridized carbons (Fsp3) is 0.941. The van der Waals surface area contributed by atoms with Crippen LogP contribution in [0.5, 0.6) is 0 Å². The molecule has 0 bridgehead atoms. The van der Waals surface area contributed by atoms with Gasteiger partial charge in [0.05, 0.1) is 5.92 Å². The number of hydrogen-bond acceptors (Lipinski definition) is 2. The summed E-state index contributed by atoms with van der Waals surface area (Å²) in [6, 6.07) is 0. The Labute approximate surface area is 119 Å². The average molecular weight is 268 g/mol. The molecule has 1 rings (SSSR count). The third-order valence-electron chi connectivity index (χ3n) is 4.67. The van der Waals surface area contributed by atoms with Gasteiger partial charge in [-0.2, -0.15) is 0 Å². The predicted octanol–water partition coefficient (Wildman–Crippen LogP) is 4.96. The van der Waals surface area contributed by atoms with Crippen LogP contribution in [0.4, 0.5) is 0 Å². The third kappa shape index (κ3) is 5.54. The molecule has 19 heavy (non-hydrogen) atoms. The zero-order chi connectivity index (χ0) is 14.5. The lowest BCUT2D eigenvalue weighted by Gasteiger charge is -2.31. The fourth-order valence-electron chi connectivity index (χ4n) is 2.77. The number of ether oxygens (including phenoxy) is 1. The van der Waals surface area contributed by atoms with Gasteiger partial charge in [-0.1, -0.05) is 47.5 Å². The van der Waals surface area contributed by atoms with Crippen LogP contribution in [0.15, 0.2) is 0 Å². The Kier molecular flexibility index (Phi) is 6.35. The molecule has 1 unspecified atom stereocenters. The highest BCUT2D eigenvalue weighted by molar-refractivity contribution is 5.73. The highest BCUT2D eigenvalue weighted by Gasteiger charge is 2.31. The van der Waals surface area contributed by atoms with Crippen LogP contribution in [0.25, 0.3) is 0 Å². The second-order valence-electron chi connectivity index (χ2n) is 7.27. The summed E-state index contributed by atoms with van der Waals surface area (Å²) >= 11 is 0. The lowest BCUT2D eigenvalue weighted by Crippen LogP contribution is -2.32. The maximum Gasteiger partial charge on any atom is 0.309 e. The van der Waals surface area contributed by atoms with Gasteiger partial charge in [-0.05, 0) is 43.4 Å². The molecule has 2 nitrogen and oxygen atoms in total. The van der Waals surface area contributed by atoms with Crippen molar-refractivity contribution in [2.45, 2.75) is 85.7 Å². The minimum atomic E-state index is 0.0448. The first-order valence-electron chi connectivity index (χ1n) is 8.06. The Morgan fingerprint density at radius 1 is 1.21 bits per heavy atom. The van der Waals surface area contributed by atoms with Crippen molar-refractivity contribution in [3.8, 4) is 0 Å². The van der Waals surface area contributed by atoms with E-state index in [1.807, 2.05) is 0 Å². The van der Waals surface area contributed by atoms with Gasteiger partial charge in [-0.15, -0.1) is 0 Å². The Bertz CT molecular complexity index is 275. The first kappa shape index (κ1) is 16.5. The van der Waals surface area contributed by atoms with Crippen molar-refractivity contribution in [1.82, 2.24) is 0 Å². The summed E-state index contributed by atoms with van der Waals surface area (Å²) in [5.74, 6) is 0.460. The van der Waals surface area contributed by atoms with Crippen LogP contribution in [-0.2, 0) is 9.53 Å². The molecule has 1 saturated carbocycles. The van der Waals surface area contributed by atoms with E-state index in [2.05, 4.69) is 34.6 Å². The maximum atomic E-state index is 12.4. The molecular weight excluding hydrogens is 236 g/mol. The van der Waals surface area contributed by atoms with Crippen molar-refractivity contribution >= 4 is 5.97 Å². The van der Waals surface area contributed by atoms with Crippen LogP contribution in [0.3, 0.4) is 0 Å². The molecule has 0 spiro atoms. The van der Waals surface area contributed by atoms with E-state index < -0.39 is 0 Å². The van der Waals surface area contributed by atoms with Gasteiger partial charge in [0.1, 0.15) is 6.10 Å². The summed E-state index contributed by atoms with van der Waals surface area (Å²) in [5.41, 5.74) is 0.223. The van der Waals surface area contributed by atoms with Crippen LogP contribution >= 0.6 is 0 Å². The number of hydrogen-bond donors (Lipinski definition) is 0. The van der Waals surface area contributed by atoms with E-state index >= 15 is 0 Å². The standard InChI is InChI=1S/C17H32O2/c1-6-17(4,5)12-15(13(2)3)16(18)19-14-10-8-7-9-11-14/h13-15H,6-12H2,1-5H3. The van der Waals surface area contributed by atoms with E-state index in [-0.39, 0.29) is 23.4 Å². The van der Waals surface area contributed by atoms with Crippen LogP contribution < -0.4 is 0 Å². The van der Waals surface area contributed by atoms with Gasteiger partial charge in [0.15, 0.2) is 0 Å². The molecule has 0 aromatic heterocycles. The molecule has 1 aliphatic rings. The highest BCUT2D eigenvalue weighted by atomic mass is 16.5. The Morgan fingerprint density at radius 2 is 1.79 bits per heavy atom. The van der Waals surface area contributed by atoms with Crippen molar-refractivity contribution in [3.63, 3.8) is 0 Å². The SMILES string of the molecule is CCC(C)(C)CC(C(=O)OC1CCCCC1)C(C)C. The zero-order valence-corrected chi connectivity index (χ0v) is 13.5. The van der Waals surface area contributed by atoms with E-state index in [9.17, 15) is 4.79 Å². The van der Waals surface area contributed by atoms with E-state index in [1.54, 1.807) is 0 Å². The molecule has 2 heteroatoms. The molecule has 1 fully saturated rings. The Balaban J connectivity index is 2.57. The van der Waals surface area contributed by atoms with Gasteiger partial charge in [0.25, 0.3) is 0 Å². The zero-order valence-electron chi connectivity index (χ0n) is 13.5. The van der Waals surface area contributed by atoms with E-state index in [4.69, 9.17) is 4.74 Å². The predicted molar refractivity (Wildman–Crippen MR) is 80.0 cm³/mol. The number of rotatable bonds is 6. The van der Waals surface area contributed by atoms with Crippen LogP contribution in [0.1, 0.15) is 79.6 Å². The molecule has 1 aliphatic carbocycles. The van der Waals surface area contributed by atoms with Gasteiger partial charge in [0, 0.05) is 0 Å². The normalized spacial score (nSPS) is 19.5. The highest BCUT2D eigenvalue weighted by Crippen LogP contribution is 2.33. The maximum absolute atomic E-state index is 12.4. The third-order valence-corrected chi connectivity index (χ3v) is 4.67. The molecule has 0 heterocycles. The minimum absolute atomic E-state index is 0.0448. The van der Waals surface area contributed by atoms with E-state index in [0.29, 0.717) is 5.92 Å². The van der Waals surface area contributed by atoms with Crippen LogP contribution in [-0.4, -0.2) is 12.1 Å². The summed E-state index contributed by atoms with van der Waals surface area (Å²) in [7, 11) is 0. The molecule has 0 N–H and O–H groups in total. The largest absolute Gasteiger partial charge is 0.462 e. The van der Waals surface area contributed by atoms with Crippen molar-refractivity contribution in [2.75, 3.05) is 0 Å². The Morgan fingerprint density at radius 3 is 2.26 bits per heavy atom. The van der Waals surface area contributed by atoms with Gasteiger partial charge in [-0.3, -0.25) is 4.79 Å². The van der Waals surface area contributed by atoms with Crippen LogP contribution in [0, 0.1) is 17.3 Å². The number of carbonyl (C=O) groups is 1. The topological polar surface area (TPSA) is 26.3 Å². The first-order chi connectivity index (χ1) is 8.85. The summed E-state index contributed by atoms with van der Waals surface area (Å²) < 4.78 is 5.77. The second kappa shape index (κ2) is 7.31. The average Bonchev–Trinajstić information content (AvgIpc) is 2.37. The van der Waals surface area contributed by atoms with Gasteiger partial charge < -0.3 is 4.74 Å². The number of carbonyl (C=O) groups excluding carboxylic acids is 1. The van der Waals surface area contributed by atoms with Crippen molar-refractivity contribution < 1.29 is 9.53 Å². The van der Waals surface area contributed by atoms with Crippen molar-refractivity contribution in [2.24, 2.45) is 17.3 Å². The van der Waals surface area contributed by atoms with Gasteiger partial charge in [-0.25, -0.2) is 0 Å². The van der Waals surface area contributed by atoms with E-state index in [0.717, 1.165) is 25.7 Å². The summed E-state index contributed by atoms with van der Waals surface area (Å²) in [5, 5.41) is 0. The Hall–Kier alpha value is -0.530. The fourth-order valence-corrected chi connectivity index (χ4v) is 2.77. The minimum Gasteiger partial charge on any atom is -0.462 e. The quantitative estimate of drug-likeness (QED) is 0.636. The van der Waals surface area contributed by atoms with Crippen LogP contribution in [0.2, 0.25) is 0 Å². The smallest absolute Gasteiger partial charge is 0.309 e.